The summed E-state index contributed by atoms with van der Waals surface area (Å²) in [6.07, 6.45) is 0.999. The van der Waals surface area contributed by atoms with Crippen LogP contribution in [0.4, 0.5) is 10.5 Å². The lowest BCUT2D eigenvalue weighted by Crippen LogP contribution is -2.40. The van der Waals surface area contributed by atoms with E-state index in [1.54, 1.807) is 17.0 Å². The molecule has 0 spiro atoms. The molecule has 1 fully saturated rings. The molecule has 1 aliphatic rings. The number of benzene rings is 1. The van der Waals surface area contributed by atoms with Gasteiger partial charge >= 0.3 is 6.03 Å². The molecule has 2 N–H and O–H groups in total. The number of hydrogen-bond donors (Lipinski definition) is 2. The second-order valence-corrected chi connectivity index (χ2v) is 4.63. The first-order chi connectivity index (χ1) is 8.16. The average Bonchev–Trinajstić information content (AvgIpc) is 2.81. The van der Waals surface area contributed by atoms with Gasteiger partial charge in [-0.25, -0.2) is 4.79 Å². The zero-order chi connectivity index (χ0) is 12.3. The number of anilines is 1. The van der Waals surface area contributed by atoms with Crippen LogP contribution in [0.2, 0.25) is 5.02 Å². The smallest absolute Gasteiger partial charge is 0.321 e. The summed E-state index contributed by atoms with van der Waals surface area (Å²) >= 11 is 5.86. The highest BCUT2D eigenvalue weighted by Crippen LogP contribution is 2.16. The second kappa shape index (κ2) is 5.38. The number of halogens is 1. The van der Waals surface area contributed by atoms with Crippen molar-refractivity contribution < 1.29 is 4.79 Å². The Morgan fingerprint density at radius 3 is 3.06 bits per heavy atom. The summed E-state index contributed by atoms with van der Waals surface area (Å²) in [6.45, 7) is 1.83. The van der Waals surface area contributed by atoms with E-state index in [4.69, 9.17) is 11.6 Å². The summed E-state index contributed by atoms with van der Waals surface area (Å²) in [7, 11) is 1.82. The van der Waals surface area contributed by atoms with Crippen molar-refractivity contribution in [3.05, 3.63) is 29.3 Å². The van der Waals surface area contributed by atoms with Gasteiger partial charge in [0.1, 0.15) is 0 Å². The van der Waals surface area contributed by atoms with Crippen LogP contribution in [-0.4, -0.2) is 37.1 Å². The molecule has 4 nitrogen and oxygen atoms in total. The Kier molecular flexibility index (Phi) is 3.86. The van der Waals surface area contributed by atoms with Crippen molar-refractivity contribution in [2.75, 3.05) is 25.5 Å². The van der Waals surface area contributed by atoms with Crippen LogP contribution in [0, 0.1) is 0 Å². The Morgan fingerprint density at radius 2 is 2.41 bits per heavy atom. The van der Waals surface area contributed by atoms with Gasteiger partial charge in [0, 0.05) is 30.3 Å². The molecule has 1 aromatic rings. The van der Waals surface area contributed by atoms with Gasteiger partial charge in [-0.3, -0.25) is 0 Å². The summed E-state index contributed by atoms with van der Waals surface area (Å²) in [5.74, 6) is 0. The molecule has 1 atom stereocenters. The van der Waals surface area contributed by atoms with E-state index in [2.05, 4.69) is 10.6 Å². The summed E-state index contributed by atoms with van der Waals surface area (Å²) in [5, 5.41) is 6.69. The van der Waals surface area contributed by atoms with Gasteiger partial charge < -0.3 is 15.5 Å². The molecule has 1 unspecified atom stereocenters. The van der Waals surface area contributed by atoms with Gasteiger partial charge in [-0.15, -0.1) is 0 Å². The molecule has 0 radical (unpaired) electrons. The van der Waals surface area contributed by atoms with E-state index < -0.39 is 0 Å². The number of nitrogens with zero attached hydrogens (tertiary/aromatic N) is 1. The molecular formula is C12H16ClN3O. The van der Waals surface area contributed by atoms with Gasteiger partial charge in [0.25, 0.3) is 0 Å². The van der Waals surface area contributed by atoms with Crippen LogP contribution in [0.25, 0.3) is 0 Å². The molecule has 1 aliphatic heterocycles. The average molecular weight is 254 g/mol. The third kappa shape index (κ3) is 3.11. The zero-order valence-electron chi connectivity index (χ0n) is 9.74. The van der Waals surface area contributed by atoms with E-state index in [1.807, 2.05) is 19.2 Å². The van der Waals surface area contributed by atoms with Crippen LogP contribution in [0.1, 0.15) is 6.42 Å². The van der Waals surface area contributed by atoms with Gasteiger partial charge in [-0.05, 0) is 31.2 Å². The molecule has 2 rings (SSSR count). The molecule has 17 heavy (non-hydrogen) atoms. The molecule has 5 heteroatoms. The number of amides is 2. The largest absolute Gasteiger partial charge is 0.323 e. The van der Waals surface area contributed by atoms with Crippen molar-refractivity contribution in [3.63, 3.8) is 0 Å². The quantitative estimate of drug-likeness (QED) is 0.849. The van der Waals surface area contributed by atoms with Crippen LogP contribution < -0.4 is 10.6 Å². The summed E-state index contributed by atoms with van der Waals surface area (Å²) in [4.78, 5) is 13.7. The fourth-order valence-electron chi connectivity index (χ4n) is 1.91. The fourth-order valence-corrected chi connectivity index (χ4v) is 2.10. The maximum atomic E-state index is 12.0. The lowest BCUT2D eigenvalue weighted by molar-refractivity contribution is 0.208. The monoisotopic (exact) mass is 253 g/mol. The lowest BCUT2D eigenvalue weighted by atomic mass is 10.2. The first kappa shape index (κ1) is 12.2. The van der Waals surface area contributed by atoms with E-state index in [9.17, 15) is 4.79 Å². The highest BCUT2D eigenvalue weighted by atomic mass is 35.5. The van der Waals surface area contributed by atoms with E-state index in [0.717, 1.165) is 25.2 Å². The van der Waals surface area contributed by atoms with Crippen LogP contribution in [0.3, 0.4) is 0 Å². The third-order valence-electron chi connectivity index (χ3n) is 2.98. The molecule has 0 saturated carbocycles. The van der Waals surface area contributed by atoms with Crippen molar-refractivity contribution in [2.45, 2.75) is 12.5 Å². The summed E-state index contributed by atoms with van der Waals surface area (Å²) in [5.41, 5.74) is 0.723. The van der Waals surface area contributed by atoms with Crippen LogP contribution >= 0.6 is 11.6 Å². The molecule has 0 aliphatic carbocycles. The van der Waals surface area contributed by atoms with Crippen molar-refractivity contribution in [1.29, 1.82) is 0 Å². The molecule has 0 aromatic heterocycles. The number of urea groups is 1. The van der Waals surface area contributed by atoms with Gasteiger partial charge in [0.15, 0.2) is 0 Å². The van der Waals surface area contributed by atoms with Crippen molar-refractivity contribution >= 4 is 23.3 Å². The summed E-state index contributed by atoms with van der Waals surface area (Å²) in [6, 6.07) is 7.33. The first-order valence-corrected chi connectivity index (χ1v) is 6.05. The summed E-state index contributed by atoms with van der Waals surface area (Å²) < 4.78 is 0. The Bertz CT molecular complexity index is 404. The minimum Gasteiger partial charge on any atom is -0.323 e. The minimum absolute atomic E-state index is 0.0963. The van der Waals surface area contributed by atoms with Crippen molar-refractivity contribution in [1.82, 2.24) is 10.2 Å². The van der Waals surface area contributed by atoms with Crippen molar-refractivity contribution in [2.24, 2.45) is 0 Å². The highest BCUT2D eigenvalue weighted by Gasteiger charge is 2.22. The van der Waals surface area contributed by atoms with Crippen LogP contribution in [0.5, 0.6) is 0 Å². The predicted molar refractivity (Wildman–Crippen MR) is 69.5 cm³/mol. The Hall–Kier alpha value is -1.26. The number of rotatable bonds is 2. The van der Waals surface area contributed by atoms with Gasteiger partial charge in [-0.1, -0.05) is 17.7 Å². The number of nitrogens with one attached hydrogen (secondary N) is 2. The SMILES string of the molecule is CN(C(=O)Nc1cccc(Cl)c1)C1CCNC1. The van der Waals surface area contributed by atoms with Crippen molar-refractivity contribution in [3.8, 4) is 0 Å². The van der Waals surface area contributed by atoms with Crippen LogP contribution in [0.15, 0.2) is 24.3 Å². The van der Waals surface area contributed by atoms with Gasteiger partial charge in [0.05, 0.1) is 0 Å². The third-order valence-corrected chi connectivity index (χ3v) is 3.21. The number of carbonyl (C=O) groups excluding carboxylic acids is 1. The maximum Gasteiger partial charge on any atom is 0.321 e. The predicted octanol–water partition coefficient (Wildman–Crippen LogP) is 2.17. The Labute approximate surface area is 106 Å². The van der Waals surface area contributed by atoms with E-state index in [0.29, 0.717) is 5.02 Å². The molecular weight excluding hydrogens is 238 g/mol. The lowest BCUT2D eigenvalue weighted by Gasteiger charge is -2.24. The topological polar surface area (TPSA) is 44.4 Å². The first-order valence-electron chi connectivity index (χ1n) is 5.67. The normalized spacial score (nSPS) is 19.1. The van der Waals surface area contributed by atoms with Gasteiger partial charge in [-0.2, -0.15) is 0 Å². The highest BCUT2D eigenvalue weighted by molar-refractivity contribution is 6.30. The molecule has 1 saturated heterocycles. The maximum absolute atomic E-state index is 12.0. The molecule has 2 amide bonds. The number of hydrogen-bond acceptors (Lipinski definition) is 2. The number of likely N-dealkylation sites (N-methyl/N-ethyl adjacent to an activating group) is 1. The van der Waals surface area contributed by atoms with E-state index in [1.165, 1.54) is 0 Å². The molecule has 1 heterocycles. The molecule has 1 aromatic carbocycles. The molecule has 0 bridgehead atoms. The van der Waals surface area contributed by atoms with Crippen LogP contribution in [-0.2, 0) is 0 Å². The number of carbonyl (C=O) groups is 1. The standard InChI is InChI=1S/C12H16ClN3O/c1-16(11-5-6-14-8-11)12(17)15-10-4-2-3-9(13)7-10/h2-4,7,11,14H,5-6,8H2,1H3,(H,15,17). The molecule has 92 valence electrons. The zero-order valence-corrected chi connectivity index (χ0v) is 10.5. The van der Waals surface area contributed by atoms with E-state index in [-0.39, 0.29) is 12.1 Å². The Balaban J connectivity index is 1.96. The second-order valence-electron chi connectivity index (χ2n) is 4.20. The Morgan fingerprint density at radius 1 is 1.59 bits per heavy atom. The minimum atomic E-state index is -0.0963. The van der Waals surface area contributed by atoms with Gasteiger partial charge in [0.2, 0.25) is 0 Å². The fraction of sp³-hybridized carbons (Fsp3) is 0.417. The van der Waals surface area contributed by atoms with E-state index >= 15 is 0 Å².